The number of nitrogens with one attached hydrogen (secondary N) is 1. The van der Waals surface area contributed by atoms with Gasteiger partial charge in [-0.05, 0) is 48.9 Å². The number of hydrogen-bond acceptors (Lipinski definition) is 6. The number of para-hydroxylation sites is 1. The molecule has 35 heavy (non-hydrogen) atoms. The van der Waals surface area contributed by atoms with Gasteiger partial charge in [-0.2, -0.15) is 5.10 Å². The van der Waals surface area contributed by atoms with E-state index in [0.29, 0.717) is 21.0 Å². The van der Waals surface area contributed by atoms with E-state index in [1.165, 1.54) is 18.0 Å². The second kappa shape index (κ2) is 11.9. The number of rotatable bonds is 9. The van der Waals surface area contributed by atoms with Crippen molar-refractivity contribution in [2.24, 2.45) is 5.10 Å². The lowest BCUT2D eigenvalue weighted by atomic mass is 10.2. The molecule has 0 aliphatic rings. The molecule has 1 aromatic heterocycles. The maximum absolute atomic E-state index is 12.3. The van der Waals surface area contributed by atoms with Crippen LogP contribution in [0.4, 0.5) is 0 Å². The van der Waals surface area contributed by atoms with E-state index >= 15 is 0 Å². The Morgan fingerprint density at radius 2 is 1.83 bits per heavy atom. The highest BCUT2D eigenvalue weighted by molar-refractivity contribution is 7.99. The second-order valence-electron chi connectivity index (χ2n) is 7.43. The van der Waals surface area contributed by atoms with E-state index in [2.05, 4.69) is 20.7 Å². The van der Waals surface area contributed by atoms with Crippen molar-refractivity contribution in [2.75, 3.05) is 5.75 Å². The topological polar surface area (TPSA) is 81.4 Å². The third-order valence-electron chi connectivity index (χ3n) is 4.78. The molecule has 0 aliphatic carbocycles. The minimum atomic E-state index is -0.286. The highest BCUT2D eigenvalue weighted by Crippen LogP contribution is 2.24. The van der Waals surface area contributed by atoms with Crippen LogP contribution in [0.5, 0.6) is 5.75 Å². The van der Waals surface area contributed by atoms with Gasteiger partial charge in [0, 0.05) is 5.69 Å². The zero-order chi connectivity index (χ0) is 24.6. The Hall–Kier alpha value is -3.33. The molecule has 0 spiro atoms. The normalized spacial score (nSPS) is 11.1. The van der Waals surface area contributed by atoms with E-state index in [1.54, 1.807) is 18.2 Å². The number of carbonyl (C=O) groups is 1. The number of benzene rings is 3. The fraction of sp³-hybridized carbons (Fsp3) is 0.120. The average Bonchev–Trinajstić information content (AvgIpc) is 3.28. The molecule has 1 heterocycles. The van der Waals surface area contributed by atoms with Crippen LogP contribution < -0.4 is 10.2 Å². The third-order valence-corrected chi connectivity index (χ3v) is 6.45. The van der Waals surface area contributed by atoms with Gasteiger partial charge in [0.2, 0.25) is 0 Å². The van der Waals surface area contributed by atoms with Crippen LogP contribution in [0.1, 0.15) is 17.0 Å². The molecule has 0 fully saturated rings. The summed E-state index contributed by atoms with van der Waals surface area (Å²) in [5, 5.41) is 14.0. The van der Waals surface area contributed by atoms with Gasteiger partial charge in [-0.25, -0.2) is 5.43 Å². The Bertz CT molecular complexity index is 1330. The monoisotopic (exact) mass is 525 g/mol. The number of amides is 1. The van der Waals surface area contributed by atoms with E-state index in [1.807, 2.05) is 66.1 Å². The molecule has 0 bridgehead atoms. The summed E-state index contributed by atoms with van der Waals surface area (Å²) in [7, 11) is 0. The standard InChI is InChI=1S/C25H21Cl2N5O2S/c1-17-7-10-20(11-8-17)34-15-23-29-31-25(32(23)19-5-3-2-4-6-19)35-16-24(33)30-28-14-18-9-12-21(26)22(27)13-18/h2-14H,15-16H2,1H3,(H,30,33)/b28-14+. The van der Waals surface area contributed by atoms with Gasteiger partial charge in [0.25, 0.3) is 5.91 Å². The first-order valence-corrected chi connectivity index (χ1v) is 12.3. The Morgan fingerprint density at radius 3 is 2.57 bits per heavy atom. The number of ether oxygens (including phenoxy) is 1. The van der Waals surface area contributed by atoms with E-state index in [0.717, 1.165) is 22.6 Å². The van der Waals surface area contributed by atoms with Crippen molar-refractivity contribution in [2.45, 2.75) is 18.7 Å². The number of hydrogen-bond donors (Lipinski definition) is 1. The number of aryl methyl sites for hydroxylation is 1. The third kappa shape index (κ3) is 6.85. The lowest BCUT2D eigenvalue weighted by Gasteiger charge is -2.11. The molecule has 1 N–H and O–H groups in total. The zero-order valence-corrected chi connectivity index (χ0v) is 21.0. The summed E-state index contributed by atoms with van der Waals surface area (Å²) < 4.78 is 7.79. The molecular formula is C25H21Cl2N5O2S. The molecule has 178 valence electrons. The minimum absolute atomic E-state index is 0.0997. The molecule has 0 atom stereocenters. The van der Waals surface area contributed by atoms with Gasteiger partial charge in [-0.15, -0.1) is 10.2 Å². The largest absolute Gasteiger partial charge is 0.486 e. The molecule has 0 saturated carbocycles. The summed E-state index contributed by atoms with van der Waals surface area (Å²) in [6.07, 6.45) is 1.50. The van der Waals surface area contributed by atoms with Crippen molar-refractivity contribution < 1.29 is 9.53 Å². The minimum Gasteiger partial charge on any atom is -0.486 e. The Kier molecular flexibility index (Phi) is 8.41. The van der Waals surface area contributed by atoms with Gasteiger partial charge in [-0.3, -0.25) is 9.36 Å². The lowest BCUT2D eigenvalue weighted by Crippen LogP contribution is -2.20. The van der Waals surface area contributed by atoms with Crippen molar-refractivity contribution in [1.29, 1.82) is 0 Å². The van der Waals surface area contributed by atoms with Crippen LogP contribution in [0.2, 0.25) is 10.0 Å². The van der Waals surface area contributed by atoms with Gasteiger partial charge in [0.1, 0.15) is 12.4 Å². The molecule has 10 heteroatoms. The highest BCUT2D eigenvalue weighted by atomic mass is 35.5. The van der Waals surface area contributed by atoms with Gasteiger partial charge in [0.15, 0.2) is 11.0 Å². The van der Waals surface area contributed by atoms with Crippen LogP contribution in [0.15, 0.2) is 83.1 Å². The molecule has 4 aromatic rings. The molecular weight excluding hydrogens is 505 g/mol. The van der Waals surface area contributed by atoms with Crippen molar-refractivity contribution >= 4 is 47.1 Å². The molecule has 0 radical (unpaired) electrons. The summed E-state index contributed by atoms with van der Waals surface area (Å²) in [5.41, 5.74) is 5.25. The van der Waals surface area contributed by atoms with Crippen LogP contribution in [0, 0.1) is 6.92 Å². The van der Waals surface area contributed by atoms with Gasteiger partial charge >= 0.3 is 0 Å². The van der Waals surface area contributed by atoms with Crippen LogP contribution in [0.3, 0.4) is 0 Å². The van der Waals surface area contributed by atoms with Crippen molar-refractivity contribution in [3.8, 4) is 11.4 Å². The smallest absolute Gasteiger partial charge is 0.250 e. The number of aromatic nitrogens is 3. The van der Waals surface area contributed by atoms with Crippen molar-refractivity contribution in [3.63, 3.8) is 0 Å². The Balaban J connectivity index is 1.41. The van der Waals surface area contributed by atoms with E-state index in [4.69, 9.17) is 27.9 Å². The number of halogens is 2. The fourth-order valence-electron chi connectivity index (χ4n) is 3.04. The second-order valence-corrected chi connectivity index (χ2v) is 9.18. The predicted molar refractivity (Wildman–Crippen MR) is 140 cm³/mol. The molecule has 1 amide bonds. The van der Waals surface area contributed by atoms with Crippen LogP contribution in [-0.4, -0.2) is 32.6 Å². The van der Waals surface area contributed by atoms with Gasteiger partial charge in [0.05, 0.1) is 22.0 Å². The number of nitrogens with zero attached hydrogens (tertiary/aromatic N) is 4. The molecule has 7 nitrogen and oxygen atoms in total. The number of hydrazone groups is 1. The Morgan fingerprint density at radius 1 is 1.06 bits per heavy atom. The fourth-order valence-corrected chi connectivity index (χ4v) is 4.11. The van der Waals surface area contributed by atoms with Crippen LogP contribution in [-0.2, 0) is 11.4 Å². The van der Waals surface area contributed by atoms with Crippen LogP contribution >= 0.6 is 35.0 Å². The number of carbonyl (C=O) groups excluding carboxylic acids is 1. The Labute approximate surface area is 217 Å². The first kappa shape index (κ1) is 24.8. The summed E-state index contributed by atoms with van der Waals surface area (Å²) >= 11 is 13.2. The summed E-state index contributed by atoms with van der Waals surface area (Å²) in [4.78, 5) is 12.3. The molecule has 0 unspecified atom stereocenters. The molecule has 0 saturated heterocycles. The van der Waals surface area contributed by atoms with E-state index in [9.17, 15) is 4.79 Å². The highest BCUT2D eigenvalue weighted by Gasteiger charge is 2.16. The predicted octanol–water partition coefficient (Wildman–Crippen LogP) is 5.70. The van der Waals surface area contributed by atoms with E-state index in [-0.39, 0.29) is 18.3 Å². The number of thioether (sulfide) groups is 1. The van der Waals surface area contributed by atoms with Gasteiger partial charge in [-0.1, -0.05) is 76.9 Å². The molecule has 4 rings (SSSR count). The maximum Gasteiger partial charge on any atom is 0.250 e. The maximum atomic E-state index is 12.3. The summed E-state index contributed by atoms with van der Waals surface area (Å²) in [5.74, 6) is 1.18. The van der Waals surface area contributed by atoms with Crippen molar-refractivity contribution in [1.82, 2.24) is 20.2 Å². The molecule has 3 aromatic carbocycles. The van der Waals surface area contributed by atoms with Crippen molar-refractivity contribution in [3.05, 3.63) is 99.8 Å². The average molecular weight is 526 g/mol. The SMILES string of the molecule is Cc1ccc(OCc2nnc(SCC(=O)N/N=C/c3ccc(Cl)c(Cl)c3)n2-c2ccccc2)cc1. The lowest BCUT2D eigenvalue weighted by molar-refractivity contribution is -0.118. The molecule has 0 aliphatic heterocycles. The van der Waals surface area contributed by atoms with Gasteiger partial charge < -0.3 is 4.74 Å². The first-order valence-electron chi connectivity index (χ1n) is 10.6. The first-order chi connectivity index (χ1) is 17.0. The quantitative estimate of drug-likeness (QED) is 0.172. The summed E-state index contributed by atoms with van der Waals surface area (Å²) in [6, 6.07) is 22.6. The van der Waals surface area contributed by atoms with E-state index < -0.39 is 0 Å². The zero-order valence-electron chi connectivity index (χ0n) is 18.7. The van der Waals surface area contributed by atoms with Crippen LogP contribution in [0.25, 0.3) is 5.69 Å². The summed E-state index contributed by atoms with van der Waals surface area (Å²) in [6.45, 7) is 2.25.